The van der Waals surface area contributed by atoms with Crippen molar-refractivity contribution in [3.05, 3.63) is 65.1 Å². The minimum atomic E-state index is -0.692. The highest BCUT2D eigenvalue weighted by atomic mass is 35.5. The van der Waals surface area contributed by atoms with Gasteiger partial charge in [0.15, 0.2) is 5.15 Å². The summed E-state index contributed by atoms with van der Waals surface area (Å²) >= 11 is 6.04. The molecular weight excluding hydrogens is 508 g/mol. The molecule has 2 aliphatic carbocycles. The Labute approximate surface area is 226 Å². The lowest BCUT2D eigenvalue weighted by Gasteiger charge is -2.27. The van der Waals surface area contributed by atoms with Crippen LogP contribution < -0.4 is 15.4 Å². The van der Waals surface area contributed by atoms with E-state index in [9.17, 15) is 9.59 Å². The Morgan fingerprint density at radius 2 is 1.84 bits per heavy atom. The lowest BCUT2D eigenvalue weighted by atomic mass is 9.89. The Morgan fingerprint density at radius 1 is 1.13 bits per heavy atom. The van der Waals surface area contributed by atoms with Crippen molar-refractivity contribution in [1.29, 1.82) is 0 Å². The Morgan fingerprint density at radius 3 is 2.50 bits per heavy atom. The lowest BCUT2D eigenvalue weighted by molar-refractivity contribution is -0.119. The molecule has 2 N–H and O–H groups in total. The summed E-state index contributed by atoms with van der Waals surface area (Å²) in [6, 6.07) is 10.2. The Balaban J connectivity index is 1.28. The van der Waals surface area contributed by atoms with E-state index in [-0.39, 0.29) is 29.6 Å². The molecule has 10 nitrogen and oxygen atoms in total. The number of carbonyl (C=O) groups is 2. The van der Waals surface area contributed by atoms with Crippen LogP contribution in [0.5, 0.6) is 5.88 Å². The van der Waals surface area contributed by atoms with Crippen LogP contribution in [-0.4, -0.2) is 45.1 Å². The largest absolute Gasteiger partial charge is 0.480 e. The predicted molar refractivity (Wildman–Crippen MR) is 141 cm³/mol. The first-order valence-electron chi connectivity index (χ1n) is 12.8. The topological polar surface area (TPSA) is 120 Å². The zero-order valence-corrected chi connectivity index (χ0v) is 22.1. The van der Waals surface area contributed by atoms with Crippen molar-refractivity contribution in [3.8, 4) is 5.88 Å². The molecular formula is C27H31ClN6O4. The number of amides is 2. The minimum Gasteiger partial charge on any atom is -0.480 e. The van der Waals surface area contributed by atoms with Crippen LogP contribution in [0.4, 0.5) is 10.5 Å². The van der Waals surface area contributed by atoms with E-state index in [0.717, 1.165) is 31.2 Å². The summed E-state index contributed by atoms with van der Waals surface area (Å²) in [5, 5.41) is 18.3. The highest BCUT2D eigenvalue weighted by Crippen LogP contribution is 2.50. The number of nitrogens with one attached hydrogen (secondary N) is 2. The van der Waals surface area contributed by atoms with Crippen molar-refractivity contribution in [2.24, 2.45) is 17.8 Å². The van der Waals surface area contributed by atoms with Crippen molar-refractivity contribution in [2.45, 2.75) is 51.3 Å². The first-order chi connectivity index (χ1) is 18.4. The molecule has 0 radical (unpaired) electrons. The van der Waals surface area contributed by atoms with Gasteiger partial charge in [-0.2, -0.15) is 5.10 Å². The van der Waals surface area contributed by atoms with Crippen molar-refractivity contribution >= 4 is 29.3 Å². The highest BCUT2D eigenvalue weighted by molar-refractivity contribution is 6.29. The second kappa shape index (κ2) is 11.4. The van der Waals surface area contributed by atoms with Gasteiger partial charge >= 0.3 is 6.09 Å². The summed E-state index contributed by atoms with van der Waals surface area (Å²) < 4.78 is 12.4. The molecule has 2 heterocycles. The lowest BCUT2D eigenvalue weighted by Crippen LogP contribution is -2.50. The molecule has 2 fully saturated rings. The molecule has 200 valence electrons. The van der Waals surface area contributed by atoms with Gasteiger partial charge in [0.2, 0.25) is 11.8 Å². The monoisotopic (exact) mass is 538 g/mol. The number of rotatable bonds is 11. The molecule has 38 heavy (non-hydrogen) atoms. The average molecular weight is 539 g/mol. The number of anilines is 1. The fourth-order valence-corrected chi connectivity index (χ4v) is 5.08. The number of benzene rings is 1. The maximum atomic E-state index is 13.5. The molecule has 2 amide bonds. The highest BCUT2D eigenvalue weighted by Gasteiger charge is 2.48. The van der Waals surface area contributed by atoms with E-state index in [4.69, 9.17) is 21.1 Å². The second-order valence-corrected chi connectivity index (χ2v) is 10.3. The van der Waals surface area contributed by atoms with E-state index >= 15 is 0 Å². The molecule has 3 aromatic rings. The fourth-order valence-electron chi connectivity index (χ4n) is 4.92. The van der Waals surface area contributed by atoms with Gasteiger partial charge < -0.3 is 20.1 Å². The van der Waals surface area contributed by atoms with Gasteiger partial charge in [-0.3, -0.25) is 9.48 Å². The molecule has 2 aromatic heterocycles. The van der Waals surface area contributed by atoms with E-state index in [0.29, 0.717) is 29.0 Å². The number of halogens is 1. The molecule has 5 rings (SSSR count). The molecule has 0 spiro atoms. The van der Waals surface area contributed by atoms with Crippen molar-refractivity contribution < 1.29 is 19.1 Å². The normalized spacial score (nSPS) is 16.5. The van der Waals surface area contributed by atoms with Crippen LogP contribution in [0.2, 0.25) is 5.15 Å². The Bertz CT molecular complexity index is 1270. The van der Waals surface area contributed by atoms with Crippen molar-refractivity contribution in [1.82, 2.24) is 25.3 Å². The molecule has 11 heteroatoms. The van der Waals surface area contributed by atoms with Gasteiger partial charge in [0, 0.05) is 11.8 Å². The number of aromatic nitrogens is 4. The molecule has 0 bridgehead atoms. The van der Waals surface area contributed by atoms with Gasteiger partial charge in [0.25, 0.3) is 0 Å². The summed E-state index contributed by atoms with van der Waals surface area (Å²) in [7, 11) is 1.51. The van der Waals surface area contributed by atoms with Crippen LogP contribution in [0.15, 0.2) is 48.8 Å². The van der Waals surface area contributed by atoms with Gasteiger partial charge in [-0.05, 0) is 62.0 Å². The summed E-state index contributed by atoms with van der Waals surface area (Å²) in [5.41, 5.74) is 2.11. The van der Waals surface area contributed by atoms with E-state index in [2.05, 4.69) is 25.9 Å². The van der Waals surface area contributed by atoms with E-state index in [1.165, 1.54) is 7.11 Å². The fraction of sp³-hybridized carbons (Fsp3) is 0.444. The number of alkyl carbamates (subject to hydrolysis) is 1. The van der Waals surface area contributed by atoms with Crippen LogP contribution in [0.3, 0.4) is 0 Å². The first-order valence-corrected chi connectivity index (χ1v) is 13.2. The molecule has 1 unspecified atom stereocenters. The standard InChI is InChI=1S/C27H31ClN6O4/c1-16(21-12-22(28)32-33-26(21)37-2)34-14-20(13-29-34)30-25(35)24(23(18-8-9-18)19-10-11-19)31-27(36)38-15-17-6-4-3-5-7-17/h3-7,12-14,16,18-19,23-24H,8-11,15H2,1-2H3,(H,30,35)(H,31,36)/t16?,24-/m0/s1. The third-order valence-electron chi connectivity index (χ3n) is 7.15. The van der Waals surface area contributed by atoms with Crippen LogP contribution in [0.1, 0.15) is 49.8 Å². The van der Waals surface area contributed by atoms with E-state index in [1.54, 1.807) is 23.1 Å². The molecule has 2 aliphatic rings. The van der Waals surface area contributed by atoms with Crippen LogP contribution in [0.25, 0.3) is 0 Å². The summed E-state index contributed by atoms with van der Waals surface area (Å²) in [6.07, 6.45) is 7.00. The smallest absolute Gasteiger partial charge is 0.408 e. The summed E-state index contributed by atoms with van der Waals surface area (Å²) in [5.74, 6) is 1.03. The molecule has 2 atom stereocenters. The predicted octanol–water partition coefficient (Wildman–Crippen LogP) is 4.61. The van der Waals surface area contributed by atoms with Gasteiger partial charge in [-0.1, -0.05) is 41.9 Å². The maximum Gasteiger partial charge on any atom is 0.408 e. The third kappa shape index (κ3) is 6.24. The number of hydrogen-bond acceptors (Lipinski definition) is 7. The van der Waals surface area contributed by atoms with Crippen LogP contribution >= 0.6 is 11.6 Å². The van der Waals surface area contributed by atoms with Gasteiger partial charge in [0.1, 0.15) is 12.6 Å². The maximum absolute atomic E-state index is 13.5. The van der Waals surface area contributed by atoms with E-state index in [1.807, 2.05) is 37.3 Å². The second-order valence-electron chi connectivity index (χ2n) is 9.94. The zero-order valence-electron chi connectivity index (χ0n) is 21.3. The number of hydrogen-bond donors (Lipinski definition) is 2. The third-order valence-corrected chi connectivity index (χ3v) is 7.34. The first kappa shape index (κ1) is 26.0. The van der Waals surface area contributed by atoms with Gasteiger partial charge in [-0.15, -0.1) is 10.2 Å². The number of ether oxygens (including phenoxy) is 2. The summed E-state index contributed by atoms with van der Waals surface area (Å²) in [6.45, 7) is 2.05. The number of methoxy groups -OCH3 is 1. The van der Waals surface area contributed by atoms with Crippen LogP contribution in [-0.2, 0) is 16.1 Å². The van der Waals surface area contributed by atoms with Crippen molar-refractivity contribution in [2.75, 3.05) is 12.4 Å². The molecule has 0 saturated heterocycles. The molecule has 1 aromatic carbocycles. The van der Waals surface area contributed by atoms with Crippen LogP contribution in [0, 0.1) is 17.8 Å². The van der Waals surface area contributed by atoms with E-state index < -0.39 is 12.1 Å². The average Bonchev–Trinajstić information content (AvgIpc) is 3.87. The zero-order chi connectivity index (χ0) is 26.6. The van der Waals surface area contributed by atoms with Crippen molar-refractivity contribution in [3.63, 3.8) is 0 Å². The number of nitrogens with zero attached hydrogens (tertiary/aromatic N) is 4. The molecule has 2 saturated carbocycles. The quantitative estimate of drug-likeness (QED) is 0.365. The Hall–Kier alpha value is -3.66. The molecule has 0 aliphatic heterocycles. The summed E-state index contributed by atoms with van der Waals surface area (Å²) in [4.78, 5) is 26.3. The van der Waals surface area contributed by atoms with Gasteiger partial charge in [0.05, 0.1) is 25.0 Å². The minimum absolute atomic E-state index is 0.0857. The number of carbonyl (C=O) groups excluding carboxylic acids is 2. The Kier molecular flexibility index (Phi) is 7.78. The SMILES string of the molecule is COc1nnc(Cl)cc1C(C)n1cc(NC(=O)[C@@H](NC(=O)OCc2ccccc2)C(C2CC2)C2CC2)cn1. The van der Waals surface area contributed by atoms with Gasteiger partial charge in [-0.25, -0.2) is 4.79 Å².